The average molecular weight is 441 g/mol. The number of rotatable bonds is 9. The van der Waals surface area contributed by atoms with Crippen LogP contribution < -0.4 is 9.62 Å². The van der Waals surface area contributed by atoms with E-state index in [1.807, 2.05) is 61.0 Å². The molecule has 0 fully saturated rings. The first kappa shape index (κ1) is 22.6. The van der Waals surface area contributed by atoms with Crippen molar-refractivity contribution in [1.29, 1.82) is 0 Å². The van der Waals surface area contributed by atoms with Gasteiger partial charge in [-0.25, -0.2) is 13.4 Å². The van der Waals surface area contributed by atoms with Crippen LogP contribution in [-0.4, -0.2) is 36.7 Å². The van der Waals surface area contributed by atoms with E-state index >= 15 is 0 Å². The molecule has 1 N–H and O–H groups in total. The van der Waals surface area contributed by atoms with Crippen molar-refractivity contribution < 1.29 is 13.2 Å². The van der Waals surface area contributed by atoms with Gasteiger partial charge in [0.2, 0.25) is 15.9 Å². The first-order valence-corrected chi connectivity index (χ1v) is 12.0. The van der Waals surface area contributed by atoms with Gasteiger partial charge in [0.25, 0.3) is 0 Å². The second kappa shape index (κ2) is 9.78. The van der Waals surface area contributed by atoms with E-state index in [2.05, 4.69) is 10.3 Å². The molecule has 0 bridgehead atoms. The highest BCUT2D eigenvalue weighted by molar-refractivity contribution is 7.92. The number of aryl methyl sites for hydroxylation is 1. The molecule has 2 aromatic carbocycles. The van der Waals surface area contributed by atoms with Crippen LogP contribution in [-0.2, 0) is 21.4 Å². The maximum Gasteiger partial charge on any atom is 0.232 e. The Morgan fingerprint density at radius 2 is 1.87 bits per heavy atom. The molecule has 1 aromatic heterocycles. The molecule has 0 radical (unpaired) electrons. The molecular formula is C23H28N4O3S. The predicted molar refractivity (Wildman–Crippen MR) is 123 cm³/mol. The standard InChI is InChI=1S/C23H28N4O3S/c1-18-6-4-7-22(19(18)2)27(31(3,29)30)14-5-8-23(28)25-16-20-9-11-21(12-10-20)26-15-13-24-17-26/h4,6-7,9-13,15,17H,5,8,14,16H2,1-3H3,(H,25,28). The Morgan fingerprint density at radius 1 is 1.13 bits per heavy atom. The van der Waals surface area contributed by atoms with Crippen molar-refractivity contribution in [2.45, 2.75) is 33.2 Å². The fourth-order valence-corrected chi connectivity index (χ4v) is 4.36. The number of hydrogen-bond acceptors (Lipinski definition) is 4. The van der Waals surface area contributed by atoms with Crippen LogP contribution >= 0.6 is 0 Å². The highest BCUT2D eigenvalue weighted by atomic mass is 32.2. The van der Waals surface area contributed by atoms with E-state index in [0.717, 1.165) is 22.4 Å². The van der Waals surface area contributed by atoms with E-state index in [9.17, 15) is 13.2 Å². The minimum atomic E-state index is -3.44. The monoisotopic (exact) mass is 440 g/mol. The smallest absolute Gasteiger partial charge is 0.232 e. The zero-order valence-electron chi connectivity index (χ0n) is 18.1. The number of aromatic nitrogens is 2. The number of nitrogens with one attached hydrogen (secondary N) is 1. The SMILES string of the molecule is Cc1cccc(N(CCCC(=O)NCc2ccc(-n3ccnc3)cc2)S(C)(=O)=O)c1C. The van der Waals surface area contributed by atoms with Crippen LogP contribution in [0.3, 0.4) is 0 Å². The third kappa shape index (κ3) is 5.95. The van der Waals surface area contributed by atoms with Gasteiger partial charge in [0.05, 0.1) is 18.3 Å². The molecule has 8 heteroatoms. The van der Waals surface area contributed by atoms with Crippen LogP contribution in [0.1, 0.15) is 29.5 Å². The van der Waals surface area contributed by atoms with Gasteiger partial charge in [-0.1, -0.05) is 24.3 Å². The molecule has 0 unspecified atom stereocenters. The van der Waals surface area contributed by atoms with Gasteiger partial charge >= 0.3 is 0 Å². The molecule has 3 rings (SSSR count). The Hall–Kier alpha value is -3.13. The van der Waals surface area contributed by atoms with E-state index in [4.69, 9.17) is 0 Å². The van der Waals surface area contributed by atoms with Gasteiger partial charge < -0.3 is 9.88 Å². The fourth-order valence-electron chi connectivity index (χ4n) is 3.34. The zero-order valence-corrected chi connectivity index (χ0v) is 18.9. The van der Waals surface area contributed by atoms with Crippen LogP contribution in [0.25, 0.3) is 5.69 Å². The summed E-state index contributed by atoms with van der Waals surface area (Å²) < 4.78 is 27.9. The second-order valence-corrected chi connectivity index (χ2v) is 9.48. The van der Waals surface area contributed by atoms with Crippen molar-refractivity contribution in [2.75, 3.05) is 17.1 Å². The molecule has 3 aromatic rings. The van der Waals surface area contributed by atoms with E-state index in [-0.39, 0.29) is 18.9 Å². The highest BCUT2D eigenvalue weighted by Gasteiger charge is 2.19. The summed E-state index contributed by atoms with van der Waals surface area (Å²) in [5, 5.41) is 2.90. The van der Waals surface area contributed by atoms with Crippen molar-refractivity contribution in [3.63, 3.8) is 0 Å². The number of carbonyl (C=O) groups excluding carboxylic acids is 1. The summed E-state index contributed by atoms with van der Waals surface area (Å²) in [5.74, 6) is -0.104. The fraction of sp³-hybridized carbons (Fsp3) is 0.304. The van der Waals surface area contributed by atoms with Gasteiger partial charge in [-0.05, 0) is 55.2 Å². The summed E-state index contributed by atoms with van der Waals surface area (Å²) >= 11 is 0. The quantitative estimate of drug-likeness (QED) is 0.553. The topological polar surface area (TPSA) is 84.3 Å². The first-order valence-electron chi connectivity index (χ1n) is 10.1. The second-order valence-electron chi connectivity index (χ2n) is 7.57. The largest absolute Gasteiger partial charge is 0.352 e. The molecule has 164 valence electrons. The first-order chi connectivity index (χ1) is 14.8. The third-order valence-electron chi connectivity index (χ3n) is 5.24. The molecular weight excluding hydrogens is 412 g/mol. The number of imidazole rings is 1. The van der Waals surface area contributed by atoms with Crippen molar-refractivity contribution in [1.82, 2.24) is 14.9 Å². The molecule has 0 saturated carbocycles. The molecule has 1 heterocycles. The highest BCUT2D eigenvalue weighted by Crippen LogP contribution is 2.25. The normalized spacial score (nSPS) is 11.3. The lowest BCUT2D eigenvalue weighted by Gasteiger charge is -2.24. The minimum absolute atomic E-state index is 0.104. The van der Waals surface area contributed by atoms with Crippen molar-refractivity contribution in [2.24, 2.45) is 0 Å². The molecule has 0 aliphatic rings. The number of benzene rings is 2. The van der Waals surface area contributed by atoms with Crippen LogP contribution in [0.5, 0.6) is 0 Å². The maximum atomic E-state index is 12.3. The Morgan fingerprint density at radius 3 is 2.52 bits per heavy atom. The Labute approximate surface area is 183 Å². The van der Waals surface area contributed by atoms with Crippen molar-refractivity contribution in [3.8, 4) is 5.69 Å². The van der Waals surface area contributed by atoms with E-state index in [1.165, 1.54) is 10.6 Å². The number of carbonyl (C=O) groups is 1. The number of amides is 1. The Kier molecular flexibility index (Phi) is 7.12. The summed E-state index contributed by atoms with van der Waals surface area (Å²) in [6.07, 6.45) is 7.21. The predicted octanol–water partition coefficient (Wildman–Crippen LogP) is 3.35. The van der Waals surface area contributed by atoms with Gasteiger partial charge in [-0.15, -0.1) is 0 Å². The average Bonchev–Trinajstić information content (AvgIpc) is 3.26. The lowest BCUT2D eigenvalue weighted by molar-refractivity contribution is -0.121. The van der Waals surface area contributed by atoms with Gasteiger partial charge in [0.15, 0.2) is 0 Å². The van der Waals surface area contributed by atoms with E-state index < -0.39 is 10.0 Å². The van der Waals surface area contributed by atoms with E-state index in [1.54, 1.807) is 18.6 Å². The molecule has 0 aliphatic carbocycles. The Balaban J connectivity index is 1.52. The molecule has 31 heavy (non-hydrogen) atoms. The van der Waals surface area contributed by atoms with Crippen molar-refractivity contribution >= 4 is 21.6 Å². The summed E-state index contributed by atoms with van der Waals surface area (Å²) in [5.41, 5.74) is 4.62. The van der Waals surface area contributed by atoms with Crippen LogP contribution in [0.4, 0.5) is 5.69 Å². The summed E-state index contributed by atoms with van der Waals surface area (Å²) in [6, 6.07) is 13.5. The molecule has 7 nitrogen and oxygen atoms in total. The molecule has 0 aliphatic heterocycles. The van der Waals surface area contributed by atoms with Crippen LogP contribution in [0.15, 0.2) is 61.2 Å². The number of hydrogen-bond donors (Lipinski definition) is 1. The van der Waals surface area contributed by atoms with Crippen LogP contribution in [0, 0.1) is 13.8 Å². The molecule has 0 atom stereocenters. The molecule has 0 spiro atoms. The van der Waals surface area contributed by atoms with Gasteiger partial charge in [-0.2, -0.15) is 0 Å². The number of sulfonamides is 1. The maximum absolute atomic E-state index is 12.3. The van der Waals surface area contributed by atoms with Gasteiger partial charge in [0, 0.05) is 37.6 Å². The van der Waals surface area contributed by atoms with E-state index in [0.29, 0.717) is 18.7 Å². The van der Waals surface area contributed by atoms with Crippen molar-refractivity contribution in [3.05, 3.63) is 77.9 Å². The zero-order chi connectivity index (χ0) is 22.4. The third-order valence-corrected chi connectivity index (χ3v) is 6.42. The minimum Gasteiger partial charge on any atom is -0.352 e. The molecule has 0 saturated heterocycles. The lowest BCUT2D eigenvalue weighted by atomic mass is 10.1. The lowest BCUT2D eigenvalue weighted by Crippen LogP contribution is -2.32. The van der Waals surface area contributed by atoms with Gasteiger partial charge in [-0.3, -0.25) is 9.10 Å². The van der Waals surface area contributed by atoms with Crippen LogP contribution in [0.2, 0.25) is 0 Å². The van der Waals surface area contributed by atoms with Gasteiger partial charge in [0.1, 0.15) is 0 Å². The summed E-state index contributed by atoms with van der Waals surface area (Å²) in [6.45, 7) is 4.55. The number of nitrogens with zero attached hydrogens (tertiary/aromatic N) is 3. The number of anilines is 1. The summed E-state index contributed by atoms with van der Waals surface area (Å²) in [7, 11) is -3.44. The molecule has 1 amide bonds. The summed E-state index contributed by atoms with van der Waals surface area (Å²) in [4.78, 5) is 16.3. The Bertz CT molecular complexity index is 1120.